The van der Waals surface area contributed by atoms with E-state index >= 15 is 0 Å². The molecule has 1 amide bonds. The standard InChI is InChI=1S/C18H15Cl2N5O3/c19-13-6-9(17-22-24-25-23-17)7-14(20)16(13)28-11-4-5-15(26)12(8-11)18(27)21-10-2-1-3-10/h4-8,10,26H,1-3H2,(H,21,27)(H,22,23,24,25). The van der Waals surface area contributed by atoms with Crippen molar-refractivity contribution < 1.29 is 14.6 Å². The summed E-state index contributed by atoms with van der Waals surface area (Å²) in [4.78, 5) is 12.4. The van der Waals surface area contributed by atoms with Gasteiger partial charge < -0.3 is 15.2 Å². The van der Waals surface area contributed by atoms with Gasteiger partial charge >= 0.3 is 0 Å². The quantitative estimate of drug-likeness (QED) is 0.576. The van der Waals surface area contributed by atoms with Crippen molar-refractivity contribution in [2.45, 2.75) is 25.3 Å². The van der Waals surface area contributed by atoms with Gasteiger partial charge in [0, 0.05) is 11.6 Å². The van der Waals surface area contributed by atoms with Gasteiger partial charge in [-0.05, 0) is 54.8 Å². The van der Waals surface area contributed by atoms with Crippen LogP contribution in [0.2, 0.25) is 10.0 Å². The van der Waals surface area contributed by atoms with E-state index in [1.54, 1.807) is 12.1 Å². The third-order valence-electron chi connectivity index (χ3n) is 4.47. The molecular weight excluding hydrogens is 405 g/mol. The van der Waals surface area contributed by atoms with Crippen LogP contribution in [0.5, 0.6) is 17.2 Å². The van der Waals surface area contributed by atoms with Gasteiger partial charge in [0.05, 0.1) is 15.6 Å². The smallest absolute Gasteiger partial charge is 0.255 e. The first-order valence-electron chi connectivity index (χ1n) is 8.56. The van der Waals surface area contributed by atoms with E-state index in [0.717, 1.165) is 19.3 Å². The van der Waals surface area contributed by atoms with E-state index in [0.29, 0.717) is 17.1 Å². The number of aromatic amines is 1. The van der Waals surface area contributed by atoms with Gasteiger partial charge in [-0.3, -0.25) is 4.79 Å². The van der Waals surface area contributed by atoms with Crippen molar-refractivity contribution in [2.75, 3.05) is 0 Å². The predicted octanol–water partition coefficient (Wildman–Crippen LogP) is 3.95. The summed E-state index contributed by atoms with van der Waals surface area (Å²) in [5.41, 5.74) is 0.697. The van der Waals surface area contributed by atoms with Crippen molar-refractivity contribution in [2.24, 2.45) is 0 Å². The molecule has 1 heterocycles. The average Bonchev–Trinajstić information content (AvgIpc) is 3.17. The lowest BCUT2D eigenvalue weighted by Gasteiger charge is -2.26. The molecule has 10 heteroatoms. The Bertz CT molecular complexity index is 999. The largest absolute Gasteiger partial charge is 0.507 e. The Hall–Kier alpha value is -2.84. The van der Waals surface area contributed by atoms with E-state index in [-0.39, 0.29) is 39.1 Å². The van der Waals surface area contributed by atoms with Crippen molar-refractivity contribution in [3.8, 4) is 28.6 Å². The normalized spacial score (nSPS) is 13.8. The fourth-order valence-corrected chi connectivity index (χ4v) is 3.33. The van der Waals surface area contributed by atoms with Crippen LogP contribution in [-0.2, 0) is 0 Å². The lowest BCUT2D eigenvalue weighted by Crippen LogP contribution is -2.39. The molecule has 28 heavy (non-hydrogen) atoms. The molecule has 1 aliphatic carbocycles. The summed E-state index contributed by atoms with van der Waals surface area (Å²) in [7, 11) is 0. The second-order valence-electron chi connectivity index (χ2n) is 6.39. The Labute approximate surface area is 169 Å². The number of hydrogen-bond acceptors (Lipinski definition) is 6. The molecule has 0 atom stereocenters. The Morgan fingerprint density at radius 2 is 1.96 bits per heavy atom. The molecule has 144 valence electrons. The molecular formula is C18H15Cl2N5O3. The van der Waals surface area contributed by atoms with Gasteiger partial charge in [0.2, 0.25) is 5.82 Å². The highest BCUT2D eigenvalue weighted by Gasteiger charge is 2.22. The van der Waals surface area contributed by atoms with Crippen LogP contribution in [0, 0.1) is 0 Å². The highest BCUT2D eigenvalue weighted by atomic mass is 35.5. The SMILES string of the molecule is O=C(NC1CCC1)c1cc(Oc2c(Cl)cc(-c3nn[nH]n3)cc2Cl)ccc1O. The summed E-state index contributed by atoms with van der Waals surface area (Å²) in [5, 5.41) is 27.0. The first-order valence-corrected chi connectivity index (χ1v) is 9.31. The monoisotopic (exact) mass is 419 g/mol. The third-order valence-corrected chi connectivity index (χ3v) is 5.04. The molecule has 2 aromatic carbocycles. The number of tetrazole rings is 1. The number of nitrogens with zero attached hydrogens (tertiary/aromatic N) is 3. The van der Waals surface area contributed by atoms with Crippen LogP contribution in [0.25, 0.3) is 11.4 Å². The van der Waals surface area contributed by atoms with E-state index in [9.17, 15) is 9.90 Å². The summed E-state index contributed by atoms with van der Waals surface area (Å²) in [6, 6.07) is 7.70. The molecule has 3 N–H and O–H groups in total. The van der Waals surface area contributed by atoms with E-state index in [1.807, 2.05) is 0 Å². The number of carbonyl (C=O) groups excluding carboxylic acids is 1. The molecule has 0 saturated heterocycles. The van der Waals surface area contributed by atoms with Crippen LogP contribution in [0.1, 0.15) is 29.6 Å². The third kappa shape index (κ3) is 3.74. The summed E-state index contributed by atoms with van der Waals surface area (Å²) in [6.07, 6.45) is 2.98. The number of amides is 1. The summed E-state index contributed by atoms with van der Waals surface area (Å²) in [6.45, 7) is 0. The van der Waals surface area contributed by atoms with Gasteiger partial charge in [-0.1, -0.05) is 23.2 Å². The molecule has 0 bridgehead atoms. The van der Waals surface area contributed by atoms with Crippen LogP contribution >= 0.6 is 23.2 Å². The number of halogens is 2. The number of carbonyl (C=O) groups is 1. The molecule has 0 radical (unpaired) electrons. The van der Waals surface area contributed by atoms with E-state index < -0.39 is 0 Å². The van der Waals surface area contributed by atoms with Crippen molar-refractivity contribution in [3.63, 3.8) is 0 Å². The number of rotatable bonds is 5. The molecule has 1 aromatic heterocycles. The fourth-order valence-electron chi connectivity index (χ4n) is 2.76. The van der Waals surface area contributed by atoms with Gasteiger partial charge in [-0.25, -0.2) is 0 Å². The fraction of sp³-hybridized carbons (Fsp3) is 0.222. The molecule has 3 aromatic rings. The molecule has 4 rings (SSSR count). The van der Waals surface area contributed by atoms with Crippen LogP contribution in [-0.4, -0.2) is 37.7 Å². The van der Waals surface area contributed by atoms with Crippen molar-refractivity contribution in [1.82, 2.24) is 25.9 Å². The lowest BCUT2D eigenvalue weighted by atomic mass is 9.93. The van der Waals surface area contributed by atoms with Crippen LogP contribution < -0.4 is 10.1 Å². The highest BCUT2D eigenvalue weighted by molar-refractivity contribution is 6.37. The average molecular weight is 420 g/mol. The molecule has 0 aliphatic heterocycles. The topological polar surface area (TPSA) is 113 Å². The Morgan fingerprint density at radius 1 is 1.21 bits per heavy atom. The van der Waals surface area contributed by atoms with Crippen molar-refractivity contribution in [1.29, 1.82) is 0 Å². The maximum absolute atomic E-state index is 12.4. The van der Waals surface area contributed by atoms with Gasteiger partial charge in [-0.15, -0.1) is 10.2 Å². The zero-order valence-corrected chi connectivity index (χ0v) is 16.0. The first kappa shape index (κ1) is 18.5. The Morgan fingerprint density at radius 3 is 2.57 bits per heavy atom. The van der Waals surface area contributed by atoms with Crippen LogP contribution in [0.4, 0.5) is 0 Å². The second kappa shape index (κ2) is 7.65. The summed E-state index contributed by atoms with van der Waals surface area (Å²) < 4.78 is 5.78. The maximum Gasteiger partial charge on any atom is 0.255 e. The zero-order valence-electron chi connectivity index (χ0n) is 14.4. The number of nitrogens with one attached hydrogen (secondary N) is 2. The number of aromatic nitrogens is 4. The molecule has 1 saturated carbocycles. The number of phenolic OH excluding ortho intramolecular Hbond substituents is 1. The van der Waals surface area contributed by atoms with Crippen LogP contribution in [0.3, 0.4) is 0 Å². The van der Waals surface area contributed by atoms with Crippen molar-refractivity contribution >= 4 is 29.1 Å². The minimum absolute atomic E-state index is 0.125. The number of phenols is 1. The van der Waals surface area contributed by atoms with Crippen molar-refractivity contribution in [3.05, 3.63) is 45.9 Å². The molecule has 0 unspecified atom stereocenters. The van der Waals surface area contributed by atoms with E-state index in [4.69, 9.17) is 27.9 Å². The van der Waals surface area contributed by atoms with Gasteiger partial charge in [-0.2, -0.15) is 5.21 Å². The van der Waals surface area contributed by atoms with Gasteiger partial charge in [0.1, 0.15) is 11.5 Å². The van der Waals surface area contributed by atoms with Gasteiger partial charge in [0.25, 0.3) is 5.91 Å². The lowest BCUT2D eigenvalue weighted by molar-refractivity contribution is 0.0914. The minimum Gasteiger partial charge on any atom is -0.507 e. The van der Waals surface area contributed by atoms with E-state index in [2.05, 4.69) is 25.9 Å². The summed E-state index contributed by atoms with van der Waals surface area (Å²) in [5.74, 6) is 0.389. The minimum atomic E-state index is -0.350. The Balaban J connectivity index is 1.59. The zero-order chi connectivity index (χ0) is 19.7. The summed E-state index contributed by atoms with van der Waals surface area (Å²) >= 11 is 12.6. The van der Waals surface area contributed by atoms with Crippen LogP contribution in [0.15, 0.2) is 30.3 Å². The van der Waals surface area contributed by atoms with E-state index in [1.165, 1.54) is 18.2 Å². The number of H-pyrrole nitrogens is 1. The molecule has 0 spiro atoms. The number of hydrogen-bond donors (Lipinski definition) is 3. The second-order valence-corrected chi connectivity index (χ2v) is 7.20. The number of aromatic hydroxyl groups is 1. The number of benzene rings is 2. The predicted molar refractivity (Wildman–Crippen MR) is 103 cm³/mol. The first-order chi connectivity index (χ1) is 13.5. The number of ether oxygens (including phenoxy) is 1. The molecule has 1 aliphatic rings. The highest BCUT2D eigenvalue weighted by Crippen LogP contribution is 2.40. The van der Waals surface area contributed by atoms with Gasteiger partial charge in [0.15, 0.2) is 5.75 Å². The maximum atomic E-state index is 12.4. The Kier molecular flexibility index (Phi) is 5.06. The molecule has 8 nitrogen and oxygen atoms in total. The molecule has 1 fully saturated rings.